The molecule has 0 saturated carbocycles. The molecule has 0 aliphatic carbocycles. The van der Waals surface area contributed by atoms with Crippen molar-refractivity contribution in [2.75, 3.05) is 5.32 Å². The van der Waals surface area contributed by atoms with E-state index < -0.39 is 6.10 Å². The van der Waals surface area contributed by atoms with E-state index in [1.807, 2.05) is 6.92 Å². The first-order valence-electron chi connectivity index (χ1n) is 9.20. The zero-order valence-electron chi connectivity index (χ0n) is 15.9. The van der Waals surface area contributed by atoms with Crippen LogP contribution < -0.4 is 15.4 Å². The number of amides is 2. The highest BCUT2D eigenvalue weighted by molar-refractivity contribution is 6.32. The highest BCUT2D eigenvalue weighted by Gasteiger charge is 2.21. The van der Waals surface area contributed by atoms with Crippen molar-refractivity contribution in [2.45, 2.75) is 26.0 Å². The normalized spacial score (nSPS) is 11.5. The maximum absolute atomic E-state index is 12.8. The van der Waals surface area contributed by atoms with Gasteiger partial charge in [-0.3, -0.25) is 9.59 Å². The lowest BCUT2D eigenvalue weighted by molar-refractivity contribution is -0.122. The summed E-state index contributed by atoms with van der Waals surface area (Å²) < 4.78 is 11.0. The maximum atomic E-state index is 12.8. The number of halogens is 1. The minimum absolute atomic E-state index is 0.251. The van der Waals surface area contributed by atoms with Gasteiger partial charge < -0.3 is 19.8 Å². The Morgan fingerprint density at radius 2 is 1.83 bits per heavy atom. The summed E-state index contributed by atoms with van der Waals surface area (Å²) in [6.45, 7) is 2.09. The van der Waals surface area contributed by atoms with Crippen LogP contribution in [0.3, 0.4) is 0 Å². The van der Waals surface area contributed by atoms with Crippen molar-refractivity contribution in [1.29, 1.82) is 0 Å². The van der Waals surface area contributed by atoms with E-state index in [9.17, 15) is 9.59 Å². The number of rotatable bonds is 8. The lowest BCUT2D eigenvalue weighted by Gasteiger charge is -2.19. The first-order chi connectivity index (χ1) is 14.1. The number of furan rings is 1. The molecule has 29 heavy (non-hydrogen) atoms. The molecular formula is C22H21ClN2O4. The highest BCUT2D eigenvalue weighted by Crippen LogP contribution is 2.25. The average molecular weight is 413 g/mol. The molecule has 1 aromatic heterocycles. The molecule has 7 heteroatoms. The summed E-state index contributed by atoms with van der Waals surface area (Å²) in [6, 6.07) is 17.3. The van der Waals surface area contributed by atoms with Gasteiger partial charge in [0, 0.05) is 0 Å². The van der Waals surface area contributed by atoms with Crippen molar-refractivity contribution in [3.8, 4) is 5.75 Å². The lowest BCUT2D eigenvalue weighted by atomic mass is 10.1. The van der Waals surface area contributed by atoms with Crippen molar-refractivity contribution in [3.63, 3.8) is 0 Å². The van der Waals surface area contributed by atoms with Crippen molar-refractivity contribution >= 4 is 29.1 Å². The number of carbonyl (C=O) groups excluding carboxylic acids is 2. The third-order valence-electron chi connectivity index (χ3n) is 4.20. The molecule has 6 nitrogen and oxygen atoms in total. The van der Waals surface area contributed by atoms with E-state index in [2.05, 4.69) is 10.6 Å². The minimum atomic E-state index is -0.755. The Bertz CT molecular complexity index is 972. The van der Waals surface area contributed by atoms with Crippen LogP contribution in [0.1, 0.15) is 29.5 Å². The molecule has 0 spiro atoms. The fraction of sp³-hybridized carbons (Fsp3) is 0.182. The van der Waals surface area contributed by atoms with Gasteiger partial charge in [0.15, 0.2) is 6.10 Å². The van der Waals surface area contributed by atoms with Crippen LogP contribution in [0, 0.1) is 0 Å². The average Bonchev–Trinajstić information content (AvgIpc) is 3.25. The van der Waals surface area contributed by atoms with Gasteiger partial charge in [0.05, 0.1) is 29.1 Å². The summed E-state index contributed by atoms with van der Waals surface area (Å²) in [5.41, 5.74) is 0.746. The zero-order chi connectivity index (χ0) is 20.6. The molecule has 0 radical (unpaired) electrons. The molecule has 0 bridgehead atoms. The first-order valence-corrected chi connectivity index (χ1v) is 9.58. The molecule has 0 unspecified atom stereocenters. The van der Waals surface area contributed by atoms with E-state index in [4.69, 9.17) is 20.8 Å². The molecule has 0 aliphatic heterocycles. The molecule has 3 rings (SSSR count). The Hall–Kier alpha value is -3.25. The van der Waals surface area contributed by atoms with E-state index in [0.29, 0.717) is 34.2 Å². The molecule has 2 amide bonds. The number of para-hydroxylation sites is 2. The van der Waals surface area contributed by atoms with Gasteiger partial charge in [-0.05, 0) is 42.8 Å². The fourth-order valence-corrected chi connectivity index (χ4v) is 2.88. The second-order valence-corrected chi connectivity index (χ2v) is 6.65. The summed E-state index contributed by atoms with van der Waals surface area (Å²) in [4.78, 5) is 25.3. The minimum Gasteiger partial charge on any atom is -0.479 e. The van der Waals surface area contributed by atoms with Gasteiger partial charge in [0.1, 0.15) is 11.5 Å². The van der Waals surface area contributed by atoms with Gasteiger partial charge >= 0.3 is 0 Å². The van der Waals surface area contributed by atoms with E-state index in [0.717, 1.165) is 0 Å². The topological polar surface area (TPSA) is 80.6 Å². The largest absolute Gasteiger partial charge is 0.479 e. The van der Waals surface area contributed by atoms with Gasteiger partial charge in [-0.2, -0.15) is 0 Å². The van der Waals surface area contributed by atoms with Crippen molar-refractivity contribution in [2.24, 2.45) is 0 Å². The third-order valence-corrected chi connectivity index (χ3v) is 4.51. The van der Waals surface area contributed by atoms with E-state index in [1.54, 1.807) is 66.9 Å². The number of carbonyl (C=O) groups is 2. The summed E-state index contributed by atoms with van der Waals surface area (Å²) >= 11 is 6.12. The van der Waals surface area contributed by atoms with E-state index in [-0.39, 0.29) is 18.4 Å². The van der Waals surface area contributed by atoms with E-state index >= 15 is 0 Å². The van der Waals surface area contributed by atoms with Crippen LogP contribution in [0.5, 0.6) is 5.75 Å². The van der Waals surface area contributed by atoms with Gasteiger partial charge in [0.2, 0.25) is 0 Å². The van der Waals surface area contributed by atoms with Crippen molar-refractivity contribution in [1.82, 2.24) is 5.32 Å². The first kappa shape index (κ1) is 20.5. The maximum Gasteiger partial charge on any atom is 0.265 e. The predicted octanol–water partition coefficient (Wildman–Crippen LogP) is 4.66. The van der Waals surface area contributed by atoms with Crippen LogP contribution in [-0.4, -0.2) is 17.9 Å². The Kier molecular flexibility index (Phi) is 6.92. The molecule has 2 aromatic carbocycles. The molecule has 0 saturated heterocycles. The van der Waals surface area contributed by atoms with Crippen LogP contribution in [-0.2, 0) is 11.3 Å². The van der Waals surface area contributed by atoms with Gasteiger partial charge in [-0.1, -0.05) is 42.8 Å². The lowest BCUT2D eigenvalue weighted by Crippen LogP contribution is -2.33. The van der Waals surface area contributed by atoms with Gasteiger partial charge in [0.25, 0.3) is 11.8 Å². The van der Waals surface area contributed by atoms with Crippen LogP contribution in [0.2, 0.25) is 5.02 Å². The molecule has 1 heterocycles. The molecule has 0 fully saturated rings. The van der Waals surface area contributed by atoms with Crippen LogP contribution in [0.4, 0.5) is 5.69 Å². The molecule has 150 valence electrons. The van der Waals surface area contributed by atoms with Crippen LogP contribution in [0.15, 0.2) is 71.3 Å². The molecule has 2 N–H and O–H groups in total. The van der Waals surface area contributed by atoms with Crippen LogP contribution in [0.25, 0.3) is 0 Å². The number of hydrogen-bond acceptors (Lipinski definition) is 4. The standard InChI is InChI=1S/C22H21ClN2O4/c1-2-19(29-20-12-6-4-10-17(20)23)22(27)25-18-11-5-3-9-16(18)21(26)24-14-15-8-7-13-28-15/h3-13,19H,2,14H2,1H3,(H,24,26)(H,25,27)/t19-/m0/s1. The monoisotopic (exact) mass is 412 g/mol. The molecular weight excluding hydrogens is 392 g/mol. The van der Waals surface area contributed by atoms with E-state index in [1.165, 1.54) is 0 Å². The quantitative estimate of drug-likeness (QED) is 0.564. The molecule has 1 atom stereocenters. The number of hydrogen-bond donors (Lipinski definition) is 2. The summed E-state index contributed by atoms with van der Waals surface area (Å²) in [5, 5.41) is 5.98. The summed E-state index contributed by atoms with van der Waals surface area (Å²) in [6.07, 6.45) is 1.22. The second kappa shape index (κ2) is 9.80. The molecule has 3 aromatic rings. The number of benzene rings is 2. The number of anilines is 1. The number of ether oxygens (including phenoxy) is 1. The Morgan fingerprint density at radius 1 is 1.07 bits per heavy atom. The van der Waals surface area contributed by atoms with Gasteiger partial charge in [-0.15, -0.1) is 0 Å². The third kappa shape index (κ3) is 5.39. The van der Waals surface area contributed by atoms with Crippen LogP contribution >= 0.6 is 11.6 Å². The second-order valence-electron chi connectivity index (χ2n) is 6.24. The van der Waals surface area contributed by atoms with Crippen molar-refractivity contribution < 1.29 is 18.7 Å². The zero-order valence-corrected chi connectivity index (χ0v) is 16.6. The van der Waals surface area contributed by atoms with Crippen molar-refractivity contribution in [3.05, 3.63) is 83.3 Å². The highest BCUT2D eigenvalue weighted by atomic mass is 35.5. The Labute approximate surface area is 173 Å². The summed E-state index contributed by atoms with van der Waals surface area (Å²) in [5.74, 6) is 0.385. The fourth-order valence-electron chi connectivity index (χ4n) is 2.69. The Balaban J connectivity index is 1.69. The smallest absolute Gasteiger partial charge is 0.265 e. The molecule has 0 aliphatic rings. The van der Waals surface area contributed by atoms with Gasteiger partial charge in [-0.25, -0.2) is 0 Å². The summed E-state index contributed by atoms with van der Waals surface area (Å²) in [7, 11) is 0. The SMILES string of the molecule is CC[C@H](Oc1ccccc1Cl)C(=O)Nc1ccccc1C(=O)NCc1ccco1. The Morgan fingerprint density at radius 3 is 2.55 bits per heavy atom. The number of nitrogens with one attached hydrogen (secondary N) is 2. The predicted molar refractivity (Wildman–Crippen MR) is 111 cm³/mol.